The van der Waals surface area contributed by atoms with E-state index in [-0.39, 0.29) is 11.8 Å². The molecule has 2 aromatic carbocycles. The molecule has 6 heteroatoms. The second-order valence-electron chi connectivity index (χ2n) is 5.52. The number of rotatable bonds is 4. The number of benzene rings is 2. The molecule has 0 aromatic heterocycles. The van der Waals surface area contributed by atoms with Crippen molar-refractivity contribution in [1.82, 2.24) is 0 Å². The molecule has 0 bridgehead atoms. The Bertz CT molecular complexity index is 733. The number of carbonyl (C=O) groups excluding carboxylic acids is 2. The number of anilines is 2. The molecule has 1 fully saturated rings. The molecular formula is C18H14I2N2O2. The third-order valence-electron chi connectivity index (χ3n) is 3.81. The van der Waals surface area contributed by atoms with Gasteiger partial charge in [-0.2, -0.15) is 0 Å². The topological polar surface area (TPSA) is 58.2 Å². The molecule has 1 saturated carbocycles. The van der Waals surface area contributed by atoms with Gasteiger partial charge in [-0.15, -0.1) is 0 Å². The Hall–Kier alpha value is -1.42. The average Bonchev–Trinajstić information content (AvgIpc) is 3.23. The molecule has 0 heterocycles. The molecule has 1 aliphatic carbocycles. The summed E-state index contributed by atoms with van der Waals surface area (Å²) in [5.41, 5.74) is 2.09. The van der Waals surface area contributed by atoms with Crippen LogP contribution in [0.2, 0.25) is 0 Å². The SMILES string of the molecule is C=C1[C@H](C(=O)Nc2ccc(I)cc2)[C@@H]1C(=O)Nc1ccc(I)cc1. The van der Waals surface area contributed by atoms with Crippen LogP contribution in [0.4, 0.5) is 11.4 Å². The minimum absolute atomic E-state index is 0.191. The van der Waals surface area contributed by atoms with Gasteiger partial charge in [-0.05, 0) is 93.7 Å². The van der Waals surface area contributed by atoms with Gasteiger partial charge in [0.25, 0.3) is 0 Å². The van der Waals surface area contributed by atoms with Gasteiger partial charge in [0.05, 0.1) is 11.8 Å². The van der Waals surface area contributed by atoms with Gasteiger partial charge < -0.3 is 10.6 Å². The van der Waals surface area contributed by atoms with Crippen LogP contribution in [0.25, 0.3) is 0 Å². The third-order valence-corrected chi connectivity index (χ3v) is 5.25. The Kier molecular flexibility index (Phi) is 5.24. The number of carbonyl (C=O) groups is 2. The number of hydrogen-bond acceptors (Lipinski definition) is 2. The second kappa shape index (κ2) is 7.22. The zero-order valence-electron chi connectivity index (χ0n) is 12.6. The lowest BCUT2D eigenvalue weighted by molar-refractivity contribution is -0.122. The molecule has 122 valence electrons. The highest BCUT2D eigenvalue weighted by molar-refractivity contribution is 14.1. The summed E-state index contributed by atoms with van der Waals surface area (Å²) in [7, 11) is 0. The molecule has 0 radical (unpaired) electrons. The molecule has 2 aromatic rings. The average molecular weight is 544 g/mol. The third kappa shape index (κ3) is 3.97. The predicted molar refractivity (Wildman–Crippen MR) is 112 cm³/mol. The number of amides is 2. The van der Waals surface area contributed by atoms with Crippen LogP contribution < -0.4 is 10.6 Å². The molecule has 4 nitrogen and oxygen atoms in total. The zero-order chi connectivity index (χ0) is 17.3. The lowest BCUT2D eigenvalue weighted by atomic mass is 10.2. The molecule has 1 aliphatic rings. The van der Waals surface area contributed by atoms with Gasteiger partial charge in [-0.1, -0.05) is 12.2 Å². The predicted octanol–water partition coefficient (Wildman–Crippen LogP) is 4.28. The lowest BCUT2D eigenvalue weighted by Gasteiger charge is -2.06. The van der Waals surface area contributed by atoms with Crippen molar-refractivity contribution in [3.8, 4) is 0 Å². The number of nitrogens with one attached hydrogen (secondary N) is 2. The van der Waals surface area contributed by atoms with Crippen molar-refractivity contribution >= 4 is 68.4 Å². The first-order chi connectivity index (χ1) is 11.5. The van der Waals surface area contributed by atoms with Crippen molar-refractivity contribution in [2.24, 2.45) is 11.8 Å². The van der Waals surface area contributed by atoms with E-state index in [1.807, 2.05) is 48.5 Å². The Morgan fingerprint density at radius 2 is 1.08 bits per heavy atom. The summed E-state index contributed by atoms with van der Waals surface area (Å²) >= 11 is 4.41. The molecule has 0 saturated heterocycles. The number of hydrogen-bond donors (Lipinski definition) is 2. The molecule has 0 unspecified atom stereocenters. The Labute approximate surface area is 167 Å². The highest BCUT2D eigenvalue weighted by Gasteiger charge is 2.52. The van der Waals surface area contributed by atoms with E-state index in [4.69, 9.17) is 0 Å². The second-order valence-corrected chi connectivity index (χ2v) is 8.01. The maximum absolute atomic E-state index is 12.3. The van der Waals surface area contributed by atoms with Crippen molar-refractivity contribution in [2.45, 2.75) is 0 Å². The van der Waals surface area contributed by atoms with E-state index in [1.54, 1.807) is 0 Å². The van der Waals surface area contributed by atoms with Crippen LogP contribution in [0, 0.1) is 19.0 Å². The molecule has 2 atom stereocenters. The molecule has 2 N–H and O–H groups in total. The number of halogens is 2. The summed E-state index contributed by atoms with van der Waals surface area (Å²) in [6.07, 6.45) is 0. The van der Waals surface area contributed by atoms with Crippen LogP contribution >= 0.6 is 45.2 Å². The normalized spacial score (nSPS) is 18.8. The largest absolute Gasteiger partial charge is 0.326 e. The van der Waals surface area contributed by atoms with Crippen molar-refractivity contribution in [3.63, 3.8) is 0 Å². The Balaban J connectivity index is 1.61. The van der Waals surface area contributed by atoms with Crippen LogP contribution in [0.3, 0.4) is 0 Å². The van der Waals surface area contributed by atoms with Crippen LogP contribution in [0.1, 0.15) is 0 Å². The van der Waals surface area contributed by atoms with Gasteiger partial charge in [0, 0.05) is 18.5 Å². The summed E-state index contributed by atoms with van der Waals surface area (Å²) in [6, 6.07) is 15.0. The van der Waals surface area contributed by atoms with Crippen molar-refractivity contribution in [2.75, 3.05) is 10.6 Å². The van der Waals surface area contributed by atoms with E-state index in [1.165, 1.54) is 0 Å². The van der Waals surface area contributed by atoms with Gasteiger partial charge in [-0.3, -0.25) is 9.59 Å². The quantitative estimate of drug-likeness (QED) is 0.447. The minimum Gasteiger partial charge on any atom is -0.326 e. The fraction of sp³-hybridized carbons (Fsp3) is 0.111. The van der Waals surface area contributed by atoms with Gasteiger partial charge in [0.15, 0.2) is 0 Å². The summed E-state index contributed by atoms with van der Waals surface area (Å²) in [4.78, 5) is 24.7. The molecule has 3 rings (SSSR count). The van der Waals surface area contributed by atoms with Gasteiger partial charge in [0.2, 0.25) is 11.8 Å². The molecule has 0 spiro atoms. The van der Waals surface area contributed by atoms with Gasteiger partial charge in [-0.25, -0.2) is 0 Å². The van der Waals surface area contributed by atoms with E-state index >= 15 is 0 Å². The summed E-state index contributed by atoms with van der Waals surface area (Å²) < 4.78 is 2.19. The van der Waals surface area contributed by atoms with E-state index in [9.17, 15) is 9.59 Å². The molecule has 0 aliphatic heterocycles. The van der Waals surface area contributed by atoms with Gasteiger partial charge >= 0.3 is 0 Å². The fourth-order valence-electron chi connectivity index (χ4n) is 2.46. The zero-order valence-corrected chi connectivity index (χ0v) is 16.9. The highest BCUT2D eigenvalue weighted by Crippen LogP contribution is 2.45. The first-order valence-electron chi connectivity index (χ1n) is 7.27. The van der Waals surface area contributed by atoms with Crippen LogP contribution in [0.15, 0.2) is 60.7 Å². The van der Waals surface area contributed by atoms with Crippen LogP contribution in [-0.4, -0.2) is 11.8 Å². The smallest absolute Gasteiger partial charge is 0.232 e. The van der Waals surface area contributed by atoms with Crippen molar-refractivity contribution in [3.05, 3.63) is 67.8 Å². The van der Waals surface area contributed by atoms with Crippen LogP contribution in [0.5, 0.6) is 0 Å². The maximum atomic E-state index is 12.3. The summed E-state index contributed by atoms with van der Waals surface area (Å²) in [5.74, 6) is -1.31. The summed E-state index contributed by atoms with van der Waals surface area (Å²) in [5, 5.41) is 5.67. The molecular weight excluding hydrogens is 530 g/mol. The fourth-order valence-corrected chi connectivity index (χ4v) is 3.18. The van der Waals surface area contributed by atoms with E-state index in [2.05, 4.69) is 62.4 Å². The van der Waals surface area contributed by atoms with E-state index < -0.39 is 11.8 Å². The standard InChI is InChI=1S/C18H14I2N2O2/c1-10-15(17(23)21-13-6-2-11(19)3-7-13)16(10)18(24)22-14-8-4-12(20)5-9-14/h2-9,15-16H,1H2,(H,21,23)(H,22,24)/t15-,16+. The Morgan fingerprint density at radius 1 is 0.750 bits per heavy atom. The molecule has 24 heavy (non-hydrogen) atoms. The first-order valence-corrected chi connectivity index (χ1v) is 9.43. The van der Waals surface area contributed by atoms with Crippen molar-refractivity contribution in [1.29, 1.82) is 0 Å². The Morgan fingerprint density at radius 3 is 1.42 bits per heavy atom. The van der Waals surface area contributed by atoms with Crippen molar-refractivity contribution < 1.29 is 9.59 Å². The van der Waals surface area contributed by atoms with Crippen LogP contribution in [-0.2, 0) is 9.59 Å². The van der Waals surface area contributed by atoms with E-state index in [0.717, 1.165) is 18.5 Å². The maximum Gasteiger partial charge on any atom is 0.232 e. The highest BCUT2D eigenvalue weighted by atomic mass is 127. The first kappa shape index (κ1) is 17.4. The summed E-state index contributed by atoms with van der Waals surface area (Å²) in [6.45, 7) is 3.86. The minimum atomic E-state index is -0.465. The lowest BCUT2D eigenvalue weighted by Crippen LogP contribution is -2.20. The molecule has 2 amide bonds. The van der Waals surface area contributed by atoms with E-state index in [0.29, 0.717) is 5.57 Å². The van der Waals surface area contributed by atoms with Gasteiger partial charge in [0.1, 0.15) is 0 Å². The monoisotopic (exact) mass is 544 g/mol.